The van der Waals surface area contributed by atoms with Crippen LogP contribution in [0.1, 0.15) is 32.3 Å². The lowest BCUT2D eigenvalue weighted by atomic mass is 9.93. The van der Waals surface area contributed by atoms with Gasteiger partial charge in [0.05, 0.1) is 17.6 Å². The number of halogens is 1. The Morgan fingerprint density at radius 2 is 2.00 bits per heavy atom. The molecule has 1 aromatic rings. The lowest BCUT2D eigenvalue weighted by Gasteiger charge is -2.31. The highest BCUT2D eigenvalue weighted by molar-refractivity contribution is 5.35. The Morgan fingerprint density at radius 1 is 1.37 bits per heavy atom. The minimum absolute atomic E-state index is 0.0303. The second-order valence-corrected chi connectivity index (χ2v) is 4.57. The molecule has 0 saturated carbocycles. The van der Waals surface area contributed by atoms with Gasteiger partial charge in [-0.3, -0.25) is 10.1 Å². The molecule has 1 aromatic carbocycles. The molecule has 0 fully saturated rings. The third kappa shape index (κ3) is 3.97. The van der Waals surface area contributed by atoms with Gasteiger partial charge in [0.25, 0.3) is 5.69 Å². The van der Waals surface area contributed by atoms with Gasteiger partial charge in [0.15, 0.2) is 0 Å². The van der Waals surface area contributed by atoms with E-state index < -0.39 is 16.3 Å². The van der Waals surface area contributed by atoms with Crippen LogP contribution in [0.2, 0.25) is 0 Å². The normalized spacial score (nSPS) is 11.6. The van der Waals surface area contributed by atoms with Gasteiger partial charge in [-0.2, -0.15) is 0 Å². The number of nitro benzene ring substituents is 1. The van der Waals surface area contributed by atoms with Crippen molar-refractivity contribution in [1.29, 1.82) is 0 Å². The second kappa shape index (κ2) is 6.58. The average Bonchev–Trinajstić information content (AvgIpc) is 2.40. The third-order valence-corrected chi connectivity index (χ3v) is 3.48. The molecule has 0 radical (unpaired) electrons. The summed E-state index contributed by atoms with van der Waals surface area (Å²) in [4.78, 5) is 10.0. The zero-order valence-corrected chi connectivity index (χ0v) is 11.1. The first-order valence-corrected chi connectivity index (χ1v) is 6.26. The number of rotatable bonds is 7. The standard InChI is InChI=1S/C13H19FN2O3/c1-3-13(4-2,9-17)15-8-10-5-11(14)7-12(6-10)16(18)19/h5-7,15,17H,3-4,8-9H2,1-2H3. The van der Waals surface area contributed by atoms with E-state index in [2.05, 4.69) is 5.32 Å². The molecule has 0 amide bonds. The van der Waals surface area contributed by atoms with E-state index in [1.54, 1.807) is 0 Å². The number of nitrogens with zero attached hydrogens (tertiary/aromatic N) is 1. The van der Waals surface area contributed by atoms with Crippen LogP contribution in [0.4, 0.5) is 10.1 Å². The Labute approximate surface area is 111 Å². The molecule has 1 rings (SSSR count). The van der Waals surface area contributed by atoms with Crippen LogP contribution >= 0.6 is 0 Å². The summed E-state index contributed by atoms with van der Waals surface area (Å²) in [6.45, 7) is 4.14. The molecule has 0 bridgehead atoms. The van der Waals surface area contributed by atoms with Crippen LogP contribution < -0.4 is 5.32 Å². The highest BCUT2D eigenvalue weighted by Crippen LogP contribution is 2.19. The van der Waals surface area contributed by atoms with Gasteiger partial charge in [0.2, 0.25) is 0 Å². The number of non-ortho nitro benzene ring substituents is 1. The van der Waals surface area contributed by atoms with Gasteiger partial charge >= 0.3 is 0 Å². The number of hydrogen-bond donors (Lipinski definition) is 2. The Morgan fingerprint density at radius 3 is 2.47 bits per heavy atom. The molecule has 0 heterocycles. The first kappa shape index (κ1) is 15.5. The fourth-order valence-electron chi connectivity index (χ4n) is 1.91. The summed E-state index contributed by atoms with van der Waals surface area (Å²) >= 11 is 0. The van der Waals surface area contributed by atoms with Gasteiger partial charge < -0.3 is 10.4 Å². The number of nitrogens with one attached hydrogen (secondary N) is 1. The molecule has 5 nitrogen and oxygen atoms in total. The van der Waals surface area contributed by atoms with Crippen molar-refractivity contribution in [2.75, 3.05) is 6.61 Å². The first-order chi connectivity index (χ1) is 8.96. The largest absolute Gasteiger partial charge is 0.394 e. The summed E-state index contributed by atoms with van der Waals surface area (Å²) < 4.78 is 13.3. The molecule has 0 atom stereocenters. The van der Waals surface area contributed by atoms with Crippen molar-refractivity contribution >= 4 is 5.69 Å². The molecule has 0 aliphatic carbocycles. The van der Waals surface area contributed by atoms with Crippen molar-refractivity contribution in [1.82, 2.24) is 5.32 Å². The number of hydrogen-bond acceptors (Lipinski definition) is 4. The monoisotopic (exact) mass is 270 g/mol. The maximum Gasteiger partial charge on any atom is 0.272 e. The summed E-state index contributed by atoms with van der Waals surface area (Å²) in [7, 11) is 0. The molecule has 6 heteroatoms. The zero-order chi connectivity index (χ0) is 14.5. The van der Waals surface area contributed by atoms with Gasteiger partial charge in [-0.05, 0) is 24.5 Å². The van der Waals surface area contributed by atoms with Crippen molar-refractivity contribution in [3.63, 3.8) is 0 Å². The topological polar surface area (TPSA) is 75.4 Å². The van der Waals surface area contributed by atoms with E-state index in [0.29, 0.717) is 5.56 Å². The van der Waals surface area contributed by atoms with Gasteiger partial charge in [-0.25, -0.2) is 4.39 Å². The number of aliphatic hydroxyl groups excluding tert-OH is 1. The highest BCUT2D eigenvalue weighted by Gasteiger charge is 2.24. The minimum Gasteiger partial charge on any atom is -0.394 e. The first-order valence-electron chi connectivity index (χ1n) is 6.26. The maximum atomic E-state index is 13.3. The fourth-order valence-corrected chi connectivity index (χ4v) is 1.91. The SMILES string of the molecule is CCC(CC)(CO)NCc1cc(F)cc([N+](=O)[O-])c1. The lowest BCUT2D eigenvalue weighted by Crippen LogP contribution is -2.47. The van der Waals surface area contributed by atoms with Crippen LogP contribution in [0, 0.1) is 15.9 Å². The Bertz CT molecular complexity index is 439. The van der Waals surface area contributed by atoms with E-state index >= 15 is 0 Å². The smallest absolute Gasteiger partial charge is 0.272 e. The third-order valence-electron chi connectivity index (χ3n) is 3.48. The van der Waals surface area contributed by atoms with Gasteiger partial charge in [-0.15, -0.1) is 0 Å². The van der Waals surface area contributed by atoms with Crippen LogP contribution in [0.25, 0.3) is 0 Å². The van der Waals surface area contributed by atoms with Gasteiger partial charge in [0, 0.05) is 18.2 Å². The minimum atomic E-state index is -0.631. The van der Waals surface area contributed by atoms with Crippen LogP contribution in [-0.2, 0) is 6.54 Å². The van der Waals surface area contributed by atoms with Crippen LogP contribution in [0.15, 0.2) is 18.2 Å². The number of nitro groups is 1. The molecule has 0 spiro atoms. The van der Waals surface area contributed by atoms with Crippen LogP contribution in [0.5, 0.6) is 0 Å². The molecular weight excluding hydrogens is 251 g/mol. The molecule has 0 saturated heterocycles. The van der Waals surface area contributed by atoms with Gasteiger partial charge in [0.1, 0.15) is 5.82 Å². The lowest BCUT2D eigenvalue weighted by molar-refractivity contribution is -0.385. The predicted molar refractivity (Wildman–Crippen MR) is 70.3 cm³/mol. The second-order valence-electron chi connectivity index (χ2n) is 4.57. The van der Waals surface area contributed by atoms with Crippen molar-refractivity contribution in [2.24, 2.45) is 0 Å². The fraction of sp³-hybridized carbons (Fsp3) is 0.538. The number of aliphatic hydroxyl groups is 1. The van der Waals surface area contributed by atoms with E-state index in [9.17, 15) is 19.6 Å². The Kier molecular flexibility index (Phi) is 5.38. The van der Waals surface area contributed by atoms with E-state index in [-0.39, 0.29) is 18.8 Å². The van der Waals surface area contributed by atoms with Crippen LogP contribution in [0.3, 0.4) is 0 Å². The molecule has 2 N–H and O–H groups in total. The van der Waals surface area contributed by atoms with Crippen molar-refractivity contribution < 1.29 is 14.4 Å². The van der Waals surface area contributed by atoms with Crippen molar-refractivity contribution in [3.8, 4) is 0 Å². The summed E-state index contributed by atoms with van der Waals surface area (Å²) in [5, 5.41) is 23.2. The predicted octanol–water partition coefficient (Wildman–Crippen LogP) is 2.37. The van der Waals surface area contributed by atoms with Gasteiger partial charge in [-0.1, -0.05) is 13.8 Å². The molecule has 0 aliphatic heterocycles. The Hall–Kier alpha value is -1.53. The maximum absolute atomic E-state index is 13.3. The molecule has 0 aliphatic rings. The zero-order valence-electron chi connectivity index (χ0n) is 11.1. The highest BCUT2D eigenvalue weighted by atomic mass is 19.1. The summed E-state index contributed by atoms with van der Waals surface area (Å²) in [6, 6.07) is 3.49. The van der Waals surface area contributed by atoms with E-state index in [4.69, 9.17) is 0 Å². The molecule has 0 aromatic heterocycles. The Balaban J connectivity index is 2.85. The molecule has 106 valence electrons. The summed E-state index contributed by atoms with van der Waals surface area (Å²) in [6.07, 6.45) is 1.44. The van der Waals surface area contributed by atoms with E-state index in [0.717, 1.165) is 18.9 Å². The average molecular weight is 270 g/mol. The van der Waals surface area contributed by atoms with E-state index in [1.165, 1.54) is 12.1 Å². The molecular formula is C13H19FN2O3. The quantitative estimate of drug-likeness (QED) is 0.589. The molecule has 0 unspecified atom stereocenters. The summed E-state index contributed by atoms with van der Waals surface area (Å²) in [5.74, 6) is -0.631. The van der Waals surface area contributed by atoms with E-state index in [1.807, 2.05) is 13.8 Å². The van der Waals surface area contributed by atoms with Crippen molar-refractivity contribution in [2.45, 2.75) is 38.8 Å². The van der Waals surface area contributed by atoms with Crippen molar-refractivity contribution in [3.05, 3.63) is 39.7 Å². The molecule has 19 heavy (non-hydrogen) atoms. The number of benzene rings is 1. The van der Waals surface area contributed by atoms with Crippen LogP contribution in [-0.4, -0.2) is 22.2 Å². The summed E-state index contributed by atoms with van der Waals surface area (Å²) in [5.41, 5.74) is -0.202.